The van der Waals surface area contributed by atoms with Gasteiger partial charge < -0.3 is 15.4 Å². The highest BCUT2D eigenvalue weighted by Crippen LogP contribution is 2.22. The summed E-state index contributed by atoms with van der Waals surface area (Å²) in [4.78, 5) is 35.8. The van der Waals surface area contributed by atoms with Crippen LogP contribution in [0.1, 0.15) is 25.8 Å². The first-order valence-corrected chi connectivity index (χ1v) is 9.05. The van der Waals surface area contributed by atoms with E-state index in [-0.39, 0.29) is 24.8 Å². The van der Waals surface area contributed by atoms with Crippen LogP contribution in [0.25, 0.3) is 0 Å². The molecule has 2 atom stereocenters. The Labute approximate surface area is 145 Å². The highest BCUT2D eigenvalue weighted by atomic mass is 32.2. The lowest BCUT2D eigenvalue weighted by Crippen LogP contribution is -2.51. The van der Waals surface area contributed by atoms with Crippen molar-refractivity contribution < 1.29 is 19.1 Å². The molecule has 1 fully saturated rings. The van der Waals surface area contributed by atoms with Crippen LogP contribution in [-0.2, 0) is 25.5 Å². The van der Waals surface area contributed by atoms with Crippen LogP contribution in [0.15, 0.2) is 24.3 Å². The van der Waals surface area contributed by atoms with Gasteiger partial charge in [0.15, 0.2) is 0 Å². The summed E-state index contributed by atoms with van der Waals surface area (Å²) in [6.07, 6.45) is 1.01. The number of esters is 1. The summed E-state index contributed by atoms with van der Waals surface area (Å²) in [6.45, 7) is 4.06. The standard InChI is InChI=1S/C17H22N2O4S/c1-3-11-5-7-12(8-6-11)18-15(20)9-14-16(21)19-13(10-24-14)17(22)23-4-2/h5-8,13-14H,3-4,9-10H2,1-2H3,(H,18,20)(H,19,21)/t13-,14+/m0/s1. The summed E-state index contributed by atoms with van der Waals surface area (Å²) < 4.78 is 4.90. The second kappa shape index (κ2) is 8.73. The number of carbonyl (C=O) groups is 3. The molecule has 2 N–H and O–H groups in total. The van der Waals surface area contributed by atoms with Gasteiger partial charge in [-0.1, -0.05) is 19.1 Å². The summed E-state index contributed by atoms with van der Waals surface area (Å²) in [7, 11) is 0. The zero-order valence-corrected chi connectivity index (χ0v) is 14.7. The van der Waals surface area contributed by atoms with Crippen LogP contribution in [0.4, 0.5) is 5.69 Å². The topological polar surface area (TPSA) is 84.5 Å². The smallest absolute Gasteiger partial charge is 0.329 e. The average Bonchev–Trinajstić information content (AvgIpc) is 2.57. The predicted octanol–water partition coefficient (Wildman–Crippen LogP) is 1.74. The molecular weight excluding hydrogens is 328 g/mol. The van der Waals surface area contributed by atoms with Crippen molar-refractivity contribution in [3.05, 3.63) is 29.8 Å². The van der Waals surface area contributed by atoms with Crippen LogP contribution in [0.3, 0.4) is 0 Å². The van der Waals surface area contributed by atoms with Crippen molar-refractivity contribution in [2.75, 3.05) is 17.7 Å². The SMILES string of the molecule is CCOC(=O)[C@@H]1CS[C@H](CC(=O)Nc2ccc(CC)cc2)C(=O)N1. The van der Waals surface area contributed by atoms with Gasteiger partial charge in [0, 0.05) is 17.9 Å². The lowest BCUT2D eigenvalue weighted by Gasteiger charge is -2.27. The number of carbonyl (C=O) groups excluding carboxylic acids is 3. The molecule has 130 valence electrons. The molecule has 7 heteroatoms. The third-order valence-electron chi connectivity index (χ3n) is 3.66. The number of rotatable bonds is 6. The molecule has 2 amide bonds. The van der Waals surface area contributed by atoms with Gasteiger partial charge in [0.1, 0.15) is 6.04 Å². The van der Waals surface area contributed by atoms with Crippen molar-refractivity contribution in [3.63, 3.8) is 0 Å². The third-order valence-corrected chi connectivity index (χ3v) is 4.97. The van der Waals surface area contributed by atoms with Gasteiger partial charge in [-0.15, -0.1) is 11.8 Å². The van der Waals surface area contributed by atoms with E-state index in [9.17, 15) is 14.4 Å². The number of aryl methyl sites for hydroxylation is 1. The summed E-state index contributed by atoms with van der Waals surface area (Å²) in [5.41, 5.74) is 1.91. The van der Waals surface area contributed by atoms with Crippen LogP contribution in [0.2, 0.25) is 0 Å². The molecule has 0 bridgehead atoms. The van der Waals surface area contributed by atoms with E-state index in [1.165, 1.54) is 17.3 Å². The van der Waals surface area contributed by atoms with Crippen molar-refractivity contribution in [2.24, 2.45) is 0 Å². The van der Waals surface area contributed by atoms with E-state index >= 15 is 0 Å². The van der Waals surface area contributed by atoms with Gasteiger partial charge in [0.2, 0.25) is 11.8 Å². The maximum atomic E-state index is 12.1. The molecule has 2 rings (SSSR count). The lowest BCUT2D eigenvalue weighted by molar-refractivity contribution is -0.146. The Hall–Kier alpha value is -2.02. The number of thioether (sulfide) groups is 1. The summed E-state index contributed by atoms with van der Waals surface area (Å²) >= 11 is 1.30. The van der Waals surface area contributed by atoms with E-state index in [4.69, 9.17) is 4.74 Å². The molecule has 6 nitrogen and oxygen atoms in total. The van der Waals surface area contributed by atoms with Gasteiger partial charge in [0.25, 0.3) is 0 Å². The monoisotopic (exact) mass is 350 g/mol. The zero-order valence-electron chi connectivity index (χ0n) is 13.8. The Morgan fingerprint density at radius 2 is 2.00 bits per heavy atom. The van der Waals surface area contributed by atoms with E-state index in [2.05, 4.69) is 17.6 Å². The van der Waals surface area contributed by atoms with Gasteiger partial charge in [0.05, 0.1) is 11.9 Å². The van der Waals surface area contributed by atoms with Crippen molar-refractivity contribution in [3.8, 4) is 0 Å². The van der Waals surface area contributed by atoms with E-state index in [0.29, 0.717) is 11.4 Å². The molecule has 0 saturated carbocycles. The first-order chi connectivity index (χ1) is 11.5. The van der Waals surface area contributed by atoms with E-state index in [0.717, 1.165) is 6.42 Å². The van der Waals surface area contributed by atoms with Crippen molar-refractivity contribution in [1.29, 1.82) is 0 Å². The largest absolute Gasteiger partial charge is 0.464 e. The molecule has 1 aliphatic heterocycles. The van der Waals surface area contributed by atoms with E-state index in [1.807, 2.05) is 24.3 Å². The zero-order chi connectivity index (χ0) is 17.5. The molecule has 0 spiro atoms. The minimum atomic E-state index is -0.636. The van der Waals surface area contributed by atoms with E-state index in [1.54, 1.807) is 6.92 Å². The van der Waals surface area contributed by atoms with Crippen LogP contribution >= 0.6 is 11.8 Å². The Morgan fingerprint density at radius 3 is 2.58 bits per heavy atom. The third kappa shape index (κ3) is 4.99. The van der Waals surface area contributed by atoms with Crippen LogP contribution in [0, 0.1) is 0 Å². The molecular formula is C17H22N2O4S. The fraction of sp³-hybridized carbons (Fsp3) is 0.471. The number of ether oxygens (including phenoxy) is 1. The first-order valence-electron chi connectivity index (χ1n) is 8.00. The van der Waals surface area contributed by atoms with E-state index < -0.39 is 17.3 Å². The van der Waals surface area contributed by atoms with Crippen molar-refractivity contribution in [2.45, 2.75) is 38.0 Å². The number of amides is 2. The van der Waals surface area contributed by atoms with Crippen molar-refractivity contribution in [1.82, 2.24) is 5.32 Å². The van der Waals surface area contributed by atoms with Gasteiger partial charge in [-0.2, -0.15) is 0 Å². The molecule has 0 radical (unpaired) electrons. The molecule has 0 aromatic heterocycles. The Balaban J connectivity index is 1.84. The van der Waals surface area contributed by atoms with Gasteiger partial charge in [-0.25, -0.2) is 4.79 Å². The second-order valence-electron chi connectivity index (χ2n) is 5.44. The Bertz CT molecular complexity index is 603. The van der Waals surface area contributed by atoms with Crippen LogP contribution in [0.5, 0.6) is 0 Å². The molecule has 1 saturated heterocycles. The highest BCUT2D eigenvalue weighted by Gasteiger charge is 2.34. The second-order valence-corrected chi connectivity index (χ2v) is 6.67. The fourth-order valence-electron chi connectivity index (χ4n) is 2.32. The van der Waals surface area contributed by atoms with Crippen LogP contribution < -0.4 is 10.6 Å². The molecule has 24 heavy (non-hydrogen) atoms. The molecule has 1 aliphatic rings. The average molecular weight is 350 g/mol. The number of hydrogen-bond acceptors (Lipinski definition) is 5. The molecule has 1 heterocycles. The minimum Gasteiger partial charge on any atom is -0.464 e. The summed E-state index contributed by atoms with van der Waals surface area (Å²) in [5.74, 6) is -0.548. The highest BCUT2D eigenvalue weighted by molar-refractivity contribution is 8.00. The maximum Gasteiger partial charge on any atom is 0.329 e. The number of hydrogen-bond donors (Lipinski definition) is 2. The number of benzene rings is 1. The van der Waals surface area contributed by atoms with Crippen molar-refractivity contribution >= 4 is 35.2 Å². The lowest BCUT2D eigenvalue weighted by atomic mass is 10.1. The molecule has 0 unspecified atom stereocenters. The fourth-order valence-corrected chi connectivity index (χ4v) is 3.45. The Morgan fingerprint density at radius 1 is 1.29 bits per heavy atom. The predicted molar refractivity (Wildman–Crippen MR) is 93.9 cm³/mol. The first kappa shape index (κ1) is 18.3. The minimum absolute atomic E-state index is 0.0710. The van der Waals surface area contributed by atoms with Gasteiger partial charge in [-0.3, -0.25) is 9.59 Å². The molecule has 0 aliphatic carbocycles. The van der Waals surface area contributed by atoms with Gasteiger partial charge in [-0.05, 0) is 31.0 Å². The maximum absolute atomic E-state index is 12.1. The summed E-state index contributed by atoms with van der Waals surface area (Å²) in [6, 6.07) is 6.98. The molecule has 1 aromatic carbocycles. The quantitative estimate of drug-likeness (QED) is 0.764. The Kier molecular flexibility index (Phi) is 6.66. The summed E-state index contributed by atoms with van der Waals surface area (Å²) in [5, 5.41) is 4.92. The van der Waals surface area contributed by atoms with Crippen LogP contribution in [-0.4, -0.2) is 41.4 Å². The molecule has 1 aromatic rings. The number of nitrogens with one attached hydrogen (secondary N) is 2. The normalized spacial score (nSPS) is 20.2. The van der Waals surface area contributed by atoms with Gasteiger partial charge >= 0.3 is 5.97 Å². The number of anilines is 1.